The molecule has 0 fully saturated rings. The summed E-state index contributed by atoms with van der Waals surface area (Å²) in [6.45, 7) is 11.3. The van der Waals surface area contributed by atoms with Gasteiger partial charge in [-0.2, -0.15) is 10.2 Å². The SMILES string of the molecule is Cc1ccn(-c2c(CNC(C)(C)C)c(C)nn2C)n1. The summed E-state index contributed by atoms with van der Waals surface area (Å²) in [5.74, 6) is 1.03. The van der Waals surface area contributed by atoms with Crippen molar-refractivity contribution < 1.29 is 0 Å². The van der Waals surface area contributed by atoms with Gasteiger partial charge >= 0.3 is 0 Å². The van der Waals surface area contributed by atoms with Crippen LogP contribution in [-0.4, -0.2) is 25.1 Å². The fourth-order valence-corrected chi connectivity index (χ4v) is 2.07. The maximum absolute atomic E-state index is 4.51. The molecule has 19 heavy (non-hydrogen) atoms. The van der Waals surface area contributed by atoms with E-state index in [0.717, 1.165) is 23.8 Å². The maximum Gasteiger partial charge on any atom is 0.156 e. The van der Waals surface area contributed by atoms with Crippen LogP contribution in [-0.2, 0) is 13.6 Å². The Hall–Kier alpha value is -1.62. The molecule has 2 heterocycles. The van der Waals surface area contributed by atoms with E-state index in [2.05, 4.69) is 36.3 Å². The smallest absolute Gasteiger partial charge is 0.156 e. The van der Waals surface area contributed by atoms with Crippen molar-refractivity contribution in [3.05, 3.63) is 29.2 Å². The average Bonchev–Trinajstić information content (AvgIpc) is 2.78. The zero-order chi connectivity index (χ0) is 14.2. The summed E-state index contributed by atoms with van der Waals surface area (Å²) in [5.41, 5.74) is 3.33. The van der Waals surface area contributed by atoms with Crippen LogP contribution in [0.5, 0.6) is 0 Å². The topological polar surface area (TPSA) is 47.7 Å². The summed E-state index contributed by atoms with van der Waals surface area (Å²) >= 11 is 0. The Morgan fingerprint density at radius 1 is 1.21 bits per heavy atom. The normalized spacial score (nSPS) is 12.1. The van der Waals surface area contributed by atoms with Gasteiger partial charge in [0, 0.05) is 30.9 Å². The third-order valence-electron chi connectivity index (χ3n) is 3.05. The third-order valence-corrected chi connectivity index (χ3v) is 3.05. The van der Waals surface area contributed by atoms with Crippen LogP contribution in [0.15, 0.2) is 12.3 Å². The summed E-state index contributed by atoms with van der Waals surface area (Å²) in [5, 5.41) is 12.5. The average molecular weight is 261 g/mol. The molecule has 0 saturated heterocycles. The molecular formula is C14H23N5. The van der Waals surface area contributed by atoms with E-state index in [1.54, 1.807) is 0 Å². The van der Waals surface area contributed by atoms with Crippen molar-refractivity contribution in [1.82, 2.24) is 24.9 Å². The molecule has 5 nitrogen and oxygen atoms in total. The van der Waals surface area contributed by atoms with E-state index in [1.807, 2.05) is 42.5 Å². The van der Waals surface area contributed by atoms with Crippen molar-refractivity contribution in [3.8, 4) is 5.82 Å². The van der Waals surface area contributed by atoms with Crippen molar-refractivity contribution in [3.63, 3.8) is 0 Å². The Balaban J connectivity index is 2.38. The van der Waals surface area contributed by atoms with Gasteiger partial charge in [0.25, 0.3) is 0 Å². The van der Waals surface area contributed by atoms with E-state index in [0.29, 0.717) is 0 Å². The fourth-order valence-electron chi connectivity index (χ4n) is 2.07. The van der Waals surface area contributed by atoms with Crippen molar-refractivity contribution in [2.24, 2.45) is 7.05 Å². The molecule has 0 unspecified atom stereocenters. The number of hydrogen-bond acceptors (Lipinski definition) is 3. The van der Waals surface area contributed by atoms with E-state index in [9.17, 15) is 0 Å². The van der Waals surface area contributed by atoms with Crippen molar-refractivity contribution in [2.45, 2.75) is 46.7 Å². The summed E-state index contributed by atoms with van der Waals surface area (Å²) in [6, 6.07) is 2.00. The quantitative estimate of drug-likeness (QED) is 0.920. The second kappa shape index (κ2) is 4.81. The summed E-state index contributed by atoms with van der Waals surface area (Å²) in [6.07, 6.45) is 1.98. The largest absolute Gasteiger partial charge is 0.308 e. The number of aryl methyl sites for hydroxylation is 3. The second-order valence-corrected chi connectivity index (χ2v) is 6.02. The zero-order valence-corrected chi connectivity index (χ0v) is 12.7. The van der Waals surface area contributed by atoms with Gasteiger partial charge in [0.2, 0.25) is 0 Å². The van der Waals surface area contributed by atoms with Gasteiger partial charge < -0.3 is 5.32 Å². The number of aromatic nitrogens is 4. The summed E-state index contributed by atoms with van der Waals surface area (Å²) in [4.78, 5) is 0. The zero-order valence-electron chi connectivity index (χ0n) is 12.7. The Kier molecular flexibility index (Phi) is 3.49. The molecule has 0 aliphatic rings. The van der Waals surface area contributed by atoms with Gasteiger partial charge in [-0.25, -0.2) is 4.68 Å². The first-order valence-corrected chi connectivity index (χ1v) is 6.58. The van der Waals surface area contributed by atoms with E-state index < -0.39 is 0 Å². The number of hydrogen-bond donors (Lipinski definition) is 1. The third kappa shape index (κ3) is 3.04. The second-order valence-electron chi connectivity index (χ2n) is 6.02. The summed E-state index contributed by atoms with van der Waals surface area (Å²) < 4.78 is 3.79. The highest BCUT2D eigenvalue weighted by Crippen LogP contribution is 2.18. The van der Waals surface area contributed by atoms with E-state index in [4.69, 9.17) is 0 Å². The Labute approximate surface area is 114 Å². The summed E-state index contributed by atoms with van der Waals surface area (Å²) in [7, 11) is 1.96. The van der Waals surface area contributed by atoms with Crippen LogP contribution >= 0.6 is 0 Å². The molecule has 0 aliphatic carbocycles. The Morgan fingerprint density at radius 2 is 1.89 bits per heavy atom. The van der Waals surface area contributed by atoms with E-state index >= 15 is 0 Å². The highest BCUT2D eigenvalue weighted by atomic mass is 15.4. The molecular weight excluding hydrogens is 238 g/mol. The maximum atomic E-state index is 4.51. The number of rotatable bonds is 3. The van der Waals surface area contributed by atoms with Crippen LogP contribution in [0.2, 0.25) is 0 Å². The monoisotopic (exact) mass is 261 g/mol. The van der Waals surface area contributed by atoms with Gasteiger partial charge in [0.1, 0.15) is 0 Å². The standard InChI is InChI=1S/C14H23N5/c1-10-7-8-19(16-10)13-12(9-15-14(3,4)5)11(2)17-18(13)6/h7-8,15H,9H2,1-6H3. The number of nitrogens with zero attached hydrogens (tertiary/aromatic N) is 4. The molecule has 0 aromatic carbocycles. The molecule has 0 atom stereocenters. The van der Waals surface area contributed by atoms with Crippen LogP contribution in [0.25, 0.3) is 5.82 Å². The first-order chi connectivity index (χ1) is 8.78. The highest BCUT2D eigenvalue weighted by Gasteiger charge is 2.18. The molecule has 0 saturated carbocycles. The van der Waals surface area contributed by atoms with Crippen LogP contribution in [0.3, 0.4) is 0 Å². The minimum Gasteiger partial charge on any atom is -0.308 e. The highest BCUT2D eigenvalue weighted by molar-refractivity contribution is 5.37. The van der Waals surface area contributed by atoms with Crippen molar-refractivity contribution in [2.75, 3.05) is 0 Å². The predicted octanol–water partition coefficient (Wildman–Crippen LogP) is 2.11. The fraction of sp³-hybridized carbons (Fsp3) is 0.571. The van der Waals surface area contributed by atoms with E-state index in [1.165, 1.54) is 5.56 Å². The Bertz CT molecular complexity index is 571. The molecule has 0 radical (unpaired) electrons. The molecule has 2 aromatic heterocycles. The van der Waals surface area contributed by atoms with Crippen LogP contribution in [0, 0.1) is 13.8 Å². The molecule has 104 valence electrons. The molecule has 0 amide bonds. The minimum absolute atomic E-state index is 0.0829. The van der Waals surface area contributed by atoms with Gasteiger partial charge in [0.15, 0.2) is 5.82 Å². The van der Waals surface area contributed by atoms with Crippen molar-refractivity contribution >= 4 is 0 Å². The van der Waals surface area contributed by atoms with Crippen LogP contribution in [0.4, 0.5) is 0 Å². The van der Waals surface area contributed by atoms with Crippen LogP contribution in [0.1, 0.15) is 37.7 Å². The molecule has 5 heteroatoms. The van der Waals surface area contributed by atoms with Gasteiger partial charge in [-0.15, -0.1) is 0 Å². The first kappa shape index (κ1) is 13.8. The lowest BCUT2D eigenvalue weighted by Crippen LogP contribution is -2.35. The molecule has 2 rings (SSSR count). The number of nitrogens with one attached hydrogen (secondary N) is 1. The Morgan fingerprint density at radius 3 is 2.42 bits per heavy atom. The molecule has 0 bridgehead atoms. The molecule has 0 spiro atoms. The van der Waals surface area contributed by atoms with Gasteiger partial charge in [-0.1, -0.05) is 0 Å². The lowest BCUT2D eigenvalue weighted by Gasteiger charge is -2.20. The first-order valence-electron chi connectivity index (χ1n) is 6.58. The molecule has 1 N–H and O–H groups in total. The van der Waals surface area contributed by atoms with Gasteiger partial charge in [-0.3, -0.25) is 4.68 Å². The molecule has 0 aliphatic heterocycles. The minimum atomic E-state index is 0.0829. The van der Waals surface area contributed by atoms with Crippen molar-refractivity contribution in [1.29, 1.82) is 0 Å². The molecule has 2 aromatic rings. The van der Waals surface area contributed by atoms with Crippen LogP contribution < -0.4 is 5.32 Å². The van der Waals surface area contributed by atoms with E-state index in [-0.39, 0.29) is 5.54 Å². The van der Waals surface area contributed by atoms with Gasteiger partial charge in [-0.05, 0) is 40.7 Å². The van der Waals surface area contributed by atoms with Gasteiger partial charge in [0.05, 0.1) is 11.4 Å². The lowest BCUT2D eigenvalue weighted by atomic mass is 10.1. The lowest BCUT2D eigenvalue weighted by molar-refractivity contribution is 0.423. The predicted molar refractivity (Wildman–Crippen MR) is 76.4 cm³/mol.